The predicted molar refractivity (Wildman–Crippen MR) is 151 cm³/mol. The molecule has 6 N–H and O–H groups in total. The highest BCUT2D eigenvalue weighted by Gasteiger charge is 2.42. The van der Waals surface area contributed by atoms with Gasteiger partial charge in [0.1, 0.15) is 18.7 Å². The molecule has 5 amide bonds. The minimum atomic E-state index is -2.29. The summed E-state index contributed by atoms with van der Waals surface area (Å²) in [6, 6.07) is 5.76. The van der Waals surface area contributed by atoms with Crippen molar-refractivity contribution in [3.8, 4) is 0 Å². The lowest BCUT2D eigenvalue weighted by Gasteiger charge is -2.29. The molecule has 2 rings (SSSR count). The Kier molecular flexibility index (Phi) is 12.9. The summed E-state index contributed by atoms with van der Waals surface area (Å²) < 4.78 is 5.15. The summed E-state index contributed by atoms with van der Waals surface area (Å²) in [7, 11) is 1.34. The van der Waals surface area contributed by atoms with Crippen molar-refractivity contribution in [1.82, 2.24) is 26.0 Å². The molecule has 1 aromatic rings. The molecule has 0 bridgehead atoms. The molecule has 0 aliphatic carbocycles. The van der Waals surface area contributed by atoms with E-state index in [0.29, 0.717) is 31.4 Å². The van der Waals surface area contributed by atoms with Gasteiger partial charge in [-0.2, -0.15) is 0 Å². The number of hydrazine groups is 1. The number of benzene rings is 1. The first-order valence-electron chi connectivity index (χ1n) is 13.9. The van der Waals surface area contributed by atoms with Crippen molar-refractivity contribution in [2.24, 2.45) is 5.73 Å². The number of esters is 1. The van der Waals surface area contributed by atoms with Crippen LogP contribution in [0.3, 0.4) is 0 Å². The quantitative estimate of drug-likeness (QED) is 0.0888. The Morgan fingerprint density at radius 2 is 1.81 bits per heavy atom. The number of ketones is 1. The average Bonchev–Trinajstić information content (AvgIpc) is 3.45. The van der Waals surface area contributed by atoms with E-state index in [1.54, 1.807) is 24.3 Å². The number of carbonyl (C=O) groups excluding carboxylic acids is 6. The number of aliphatic hydroxyl groups is 1. The monoisotopic (exact) mass is 590 g/mol. The van der Waals surface area contributed by atoms with Crippen LogP contribution in [0, 0.1) is 0 Å². The van der Waals surface area contributed by atoms with E-state index in [2.05, 4.69) is 16.1 Å². The lowest BCUT2D eigenvalue weighted by atomic mass is 9.92. The van der Waals surface area contributed by atoms with Gasteiger partial charge in [-0.1, -0.05) is 30.3 Å². The minimum absolute atomic E-state index is 0.0840. The Balaban J connectivity index is 1.78. The molecule has 1 heterocycles. The number of rotatable bonds is 13. The van der Waals surface area contributed by atoms with E-state index in [1.165, 1.54) is 25.8 Å². The van der Waals surface area contributed by atoms with Gasteiger partial charge in [-0.05, 0) is 58.4 Å². The van der Waals surface area contributed by atoms with Crippen molar-refractivity contribution < 1.29 is 38.6 Å². The van der Waals surface area contributed by atoms with Crippen molar-refractivity contribution in [3.05, 3.63) is 35.9 Å². The summed E-state index contributed by atoms with van der Waals surface area (Å²) in [4.78, 5) is 75.9. The van der Waals surface area contributed by atoms with Crippen LogP contribution in [0.1, 0.15) is 58.4 Å². The van der Waals surface area contributed by atoms with Crippen LogP contribution in [0.25, 0.3) is 0 Å². The number of urea groups is 1. The Morgan fingerprint density at radius 1 is 1.14 bits per heavy atom. The summed E-state index contributed by atoms with van der Waals surface area (Å²) in [6.45, 7) is 4.50. The lowest BCUT2D eigenvalue weighted by Crippen LogP contribution is -2.57. The number of ether oxygens (including phenoxy) is 1. The Hall–Kier alpha value is -4.04. The molecule has 0 spiro atoms. The molecule has 1 aromatic carbocycles. The fraction of sp³-hybridized carbons (Fsp3) is 0.571. The zero-order valence-corrected chi connectivity index (χ0v) is 24.6. The average molecular weight is 591 g/mol. The highest BCUT2D eigenvalue weighted by atomic mass is 16.6. The molecule has 0 radical (unpaired) electrons. The van der Waals surface area contributed by atoms with Crippen molar-refractivity contribution in [1.29, 1.82) is 0 Å². The van der Waals surface area contributed by atoms with Crippen LogP contribution in [0.5, 0.6) is 0 Å². The third-order valence-corrected chi connectivity index (χ3v) is 6.94. The van der Waals surface area contributed by atoms with E-state index in [9.17, 15) is 33.9 Å². The van der Waals surface area contributed by atoms with E-state index < -0.39 is 59.2 Å². The second kappa shape index (κ2) is 15.8. The van der Waals surface area contributed by atoms with Gasteiger partial charge in [0.15, 0.2) is 5.78 Å². The summed E-state index contributed by atoms with van der Waals surface area (Å²) in [5.41, 5.74) is 6.41. The standard InChI is InChI=1S/C28H42N6O8/c1-18(29)23(36)31-19(2)25(38)34-16-10-13-22(34)24(37)32-33(4)27(40)30-15-9-8-14-28(41,20(3)35)26(39)42-17-21-11-6-5-7-12-21/h5-7,11-12,18-19,22,41H,8-10,13-17,29H2,1-4H3,(H,30,40)(H,31,36)(H,32,37)/t18-,19-,22-,28?/m0/s1. The third-order valence-electron chi connectivity index (χ3n) is 6.94. The van der Waals surface area contributed by atoms with Gasteiger partial charge in [-0.25, -0.2) is 14.6 Å². The largest absolute Gasteiger partial charge is 0.458 e. The summed E-state index contributed by atoms with van der Waals surface area (Å²) in [5, 5.41) is 16.8. The molecule has 1 aliphatic rings. The lowest BCUT2D eigenvalue weighted by molar-refractivity contribution is -0.172. The second-order valence-electron chi connectivity index (χ2n) is 10.4. The van der Waals surface area contributed by atoms with Gasteiger partial charge < -0.3 is 31.1 Å². The topological polar surface area (TPSA) is 200 Å². The summed E-state index contributed by atoms with van der Waals surface area (Å²) in [5.74, 6) is -3.23. The van der Waals surface area contributed by atoms with E-state index >= 15 is 0 Å². The predicted octanol–water partition coefficient (Wildman–Crippen LogP) is -0.264. The number of likely N-dealkylation sites (tertiary alicyclic amines) is 1. The SMILES string of the molecule is CC(=O)C(O)(CCCCNC(=O)N(C)NC(=O)[C@@H]1CCCN1C(=O)[C@H](C)NC(=O)[C@H](C)N)C(=O)OCc1ccccc1. The van der Waals surface area contributed by atoms with E-state index in [4.69, 9.17) is 10.5 Å². The number of unbranched alkanes of at least 4 members (excludes halogenated alkanes) is 1. The van der Waals surface area contributed by atoms with Gasteiger partial charge in [0.2, 0.25) is 17.4 Å². The van der Waals surface area contributed by atoms with Gasteiger partial charge >= 0.3 is 12.0 Å². The smallest absolute Gasteiger partial charge is 0.346 e. The summed E-state index contributed by atoms with van der Waals surface area (Å²) >= 11 is 0. The number of nitrogens with zero attached hydrogens (tertiary/aromatic N) is 2. The number of hydrogen-bond acceptors (Lipinski definition) is 9. The molecule has 0 aromatic heterocycles. The van der Waals surface area contributed by atoms with E-state index in [0.717, 1.165) is 11.9 Å². The number of amides is 5. The van der Waals surface area contributed by atoms with Crippen molar-refractivity contribution in [2.45, 2.75) is 83.2 Å². The maximum atomic E-state index is 12.8. The molecular formula is C28H42N6O8. The van der Waals surface area contributed by atoms with Gasteiger partial charge in [0.05, 0.1) is 6.04 Å². The zero-order chi connectivity index (χ0) is 31.4. The van der Waals surface area contributed by atoms with Gasteiger partial charge in [-0.3, -0.25) is 24.6 Å². The van der Waals surface area contributed by atoms with Crippen LogP contribution in [-0.2, 0) is 35.3 Å². The number of nitrogens with one attached hydrogen (secondary N) is 3. The van der Waals surface area contributed by atoms with Crippen molar-refractivity contribution >= 4 is 35.5 Å². The number of nitrogens with two attached hydrogens (primary N) is 1. The number of carbonyl (C=O) groups is 6. The molecule has 1 aliphatic heterocycles. The van der Waals surface area contributed by atoms with Gasteiger partial charge in [-0.15, -0.1) is 0 Å². The molecule has 0 saturated carbocycles. The second-order valence-corrected chi connectivity index (χ2v) is 10.4. The normalized spacial score (nSPS) is 17.3. The fourth-order valence-corrected chi connectivity index (χ4v) is 4.33. The maximum absolute atomic E-state index is 12.8. The molecule has 1 fully saturated rings. The molecule has 42 heavy (non-hydrogen) atoms. The highest BCUT2D eigenvalue weighted by molar-refractivity contribution is 6.05. The van der Waals surface area contributed by atoms with Crippen molar-refractivity contribution in [3.63, 3.8) is 0 Å². The third kappa shape index (κ3) is 9.52. The van der Waals surface area contributed by atoms with Crippen LogP contribution >= 0.6 is 0 Å². The maximum Gasteiger partial charge on any atom is 0.346 e. The van der Waals surface area contributed by atoms with Gasteiger partial charge in [0, 0.05) is 20.1 Å². The molecule has 232 valence electrons. The highest BCUT2D eigenvalue weighted by Crippen LogP contribution is 2.20. The van der Waals surface area contributed by atoms with E-state index in [-0.39, 0.29) is 26.0 Å². The molecule has 4 atom stereocenters. The van der Waals surface area contributed by atoms with E-state index in [1.807, 2.05) is 6.07 Å². The Labute approximate surface area is 245 Å². The minimum Gasteiger partial charge on any atom is -0.458 e. The first-order valence-corrected chi connectivity index (χ1v) is 13.9. The van der Waals surface area contributed by atoms with Crippen LogP contribution in [0.15, 0.2) is 30.3 Å². The van der Waals surface area contributed by atoms with Crippen LogP contribution in [-0.4, -0.2) is 94.4 Å². The first-order chi connectivity index (χ1) is 19.8. The molecule has 14 heteroatoms. The molecular weight excluding hydrogens is 548 g/mol. The molecule has 14 nitrogen and oxygen atoms in total. The number of Topliss-reactive ketones (excluding diaryl/α,β-unsaturated/α-hetero) is 1. The van der Waals surface area contributed by atoms with Crippen molar-refractivity contribution in [2.75, 3.05) is 20.1 Å². The van der Waals surface area contributed by atoms with Crippen LogP contribution in [0.4, 0.5) is 4.79 Å². The van der Waals surface area contributed by atoms with Crippen LogP contribution < -0.4 is 21.8 Å². The Bertz CT molecular complexity index is 1130. The van der Waals surface area contributed by atoms with Crippen LogP contribution in [0.2, 0.25) is 0 Å². The first kappa shape index (κ1) is 34.2. The zero-order valence-electron chi connectivity index (χ0n) is 24.6. The number of hydrogen-bond donors (Lipinski definition) is 5. The van der Waals surface area contributed by atoms with Gasteiger partial charge in [0.25, 0.3) is 5.91 Å². The summed E-state index contributed by atoms with van der Waals surface area (Å²) in [6.07, 6.45) is 1.34. The molecule has 1 unspecified atom stereocenters. The fourth-order valence-electron chi connectivity index (χ4n) is 4.33. The Morgan fingerprint density at radius 3 is 2.43 bits per heavy atom. The molecule has 1 saturated heterocycles.